The van der Waals surface area contributed by atoms with Crippen LogP contribution in [0.1, 0.15) is 29.7 Å². The zero-order valence-electron chi connectivity index (χ0n) is 11.8. The number of likely N-dealkylation sites (N-methyl/N-ethyl adjacent to an activating group) is 1. The van der Waals surface area contributed by atoms with E-state index in [1.54, 1.807) is 6.07 Å². The SMILES string of the molecule is CCNC(Cc1ccc(Cl)cc1Cl)c1cccc(C)c1. The van der Waals surface area contributed by atoms with E-state index in [1.807, 2.05) is 12.1 Å². The van der Waals surface area contributed by atoms with E-state index in [2.05, 4.69) is 43.4 Å². The minimum Gasteiger partial charge on any atom is -0.310 e. The highest BCUT2D eigenvalue weighted by atomic mass is 35.5. The second-order valence-corrected chi connectivity index (χ2v) is 5.81. The van der Waals surface area contributed by atoms with Gasteiger partial charge in [-0.05, 0) is 43.1 Å². The van der Waals surface area contributed by atoms with E-state index >= 15 is 0 Å². The Bertz CT molecular complexity index is 581. The summed E-state index contributed by atoms with van der Waals surface area (Å²) in [6.07, 6.45) is 0.854. The first-order valence-corrected chi connectivity index (χ1v) is 7.59. The maximum absolute atomic E-state index is 6.28. The molecule has 0 fully saturated rings. The van der Waals surface area contributed by atoms with Gasteiger partial charge in [-0.15, -0.1) is 0 Å². The summed E-state index contributed by atoms with van der Waals surface area (Å²) in [6.45, 7) is 5.15. The van der Waals surface area contributed by atoms with Gasteiger partial charge < -0.3 is 5.32 Å². The van der Waals surface area contributed by atoms with E-state index in [-0.39, 0.29) is 6.04 Å². The lowest BCUT2D eigenvalue weighted by Gasteiger charge is -2.19. The number of aryl methyl sites for hydroxylation is 1. The van der Waals surface area contributed by atoms with E-state index in [0.717, 1.165) is 23.6 Å². The lowest BCUT2D eigenvalue weighted by Crippen LogP contribution is -2.23. The third kappa shape index (κ3) is 3.99. The third-order valence-corrected chi connectivity index (χ3v) is 3.92. The Hall–Kier alpha value is -1.02. The Labute approximate surface area is 130 Å². The molecule has 1 unspecified atom stereocenters. The molecule has 1 N–H and O–H groups in total. The van der Waals surface area contributed by atoms with Crippen molar-refractivity contribution in [3.05, 3.63) is 69.2 Å². The van der Waals surface area contributed by atoms with Gasteiger partial charge in [0, 0.05) is 16.1 Å². The van der Waals surface area contributed by atoms with E-state index in [9.17, 15) is 0 Å². The first-order valence-electron chi connectivity index (χ1n) is 6.84. The molecule has 1 nitrogen and oxygen atoms in total. The first kappa shape index (κ1) is 15.4. The van der Waals surface area contributed by atoms with E-state index in [4.69, 9.17) is 23.2 Å². The van der Waals surface area contributed by atoms with Crippen LogP contribution in [-0.4, -0.2) is 6.54 Å². The van der Waals surface area contributed by atoms with Crippen LogP contribution < -0.4 is 5.32 Å². The molecule has 0 amide bonds. The maximum Gasteiger partial charge on any atom is 0.0453 e. The molecule has 0 aromatic heterocycles. The number of hydrogen-bond acceptors (Lipinski definition) is 1. The van der Waals surface area contributed by atoms with Crippen LogP contribution in [0.25, 0.3) is 0 Å². The number of nitrogens with one attached hydrogen (secondary N) is 1. The molecule has 20 heavy (non-hydrogen) atoms. The second-order valence-electron chi connectivity index (χ2n) is 4.96. The fraction of sp³-hybridized carbons (Fsp3) is 0.294. The maximum atomic E-state index is 6.28. The molecule has 0 spiro atoms. The zero-order chi connectivity index (χ0) is 14.5. The van der Waals surface area contributed by atoms with Gasteiger partial charge in [0.1, 0.15) is 0 Å². The number of benzene rings is 2. The van der Waals surface area contributed by atoms with Crippen LogP contribution in [-0.2, 0) is 6.42 Å². The number of halogens is 2. The summed E-state index contributed by atoms with van der Waals surface area (Å²) in [5.74, 6) is 0. The minimum absolute atomic E-state index is 0.263. The third-order valence-electron chi connectivity index (χ3n) is 3.33. The van der Waals surface area contributed by atoms with Crippen LogP contribution in [0.5, 0.6) is 0 Å². The molecule has 0 aliphatic rings. The molecule has 0 aliphatic carbocycles. The molecule has 2 aromatic rings. The summed E-state index contributed by atoms with van der Waals surface area (Å²) in [4.78, 5) is 0. The van der Waals surface area contributed by atoms with Crippen LogP contribution in [0.3, 0.4) is 0 Å². The molecule has 3 heteroatoms. The molecule has 1 atom stereocenters. The molecular formula is C17H19Cl2N. The zero-order valence-corrected chi connectivity index (χ0v) is 13.3. The summed E-state index contributed by atoms with van der Waals surface area (Å²) in [5.41, 5.74) is 3.67. The lowest BCUT2D eigenvalue weighted by molar-refractivity contribution is 0.549. The van der Waals surface area contributed by atoms with Crippen molar-refractivity contribution in [2.24, 2.45) is 0 Å². The van der Waals surface area contributed by atoms with Crippen molar-refractivity contribution in [2.45, 2.75) is 26.3 Å². The normalized spacial score (nSPS) is 12.4. The van der Waals surface area contributed by atoms with Crippen molar-refractivity contribution in [1.29, 1.82) is 0 Å². The van der Waals surface area contributed by atoms with Crippen LogP contribution in [0.15, 0.2) is 42.5 Å². The van der Waals surface area contributed by atoms with Gasteiger partial charge in [0.05, 0.1) is 0 Å². The van der Waals surface area contributed by atoms with E-state index in [1.165, 1.54) is 11.1 Å². The number of rotatable bonds is 5. The predicted octanol–water partition coefficient (Wildman–Crippen LogP) is 5.20. The van der Waals surface area contributed by atoms with E-state index in [0.29, 0.717) is 5.02 Å². The Kier molecular flexibility index (Phi) is 5.47. The van der Waals surface area contributed by atoms with Gasteiger partial charge in [-0.3, -0.25) is 0 Å². The highest BCUT2D eigenvalue weighted by Crippen LogP contribution is 2.26. The minimum atomic E-state index is 0.263. The summed E-state index contributed by atoms with van der Waals surface area (Å²) in [7, 11) is 0. The molecule has 0 bridgehead atoms. The van der Waals surface area contributed by atoms with Crippen molar-refractivity contribution in [1.82, 2.24) is 5.32 Å². The van der Waals surface area contributed by atoms with Crippen molar-refractivity contribution < 1.29 is 0 Å². The summed E-state index contributed by atoms with van der Waals surface area (Å²) >= 11 is 12.2. The molecule has 2 rings (SSSR count). The predicted molar refractivity (Wildman–Crippen MR) is 87.8 cm³/mol. The summed E-state index contributed by atoms with van der Waals surface area (Å²) < 4.78 is 0. The fourth-order valence-corrected chi connectivity index (χ4v) is 2.83. The van der Waals surface area contributed by atoms with Crippen molar-refractivity contribution in [3.63, 3.8) is 0 Å². The average Bonchev–Trinajstić information content (AvgIpc) is 2.41. The first-order chi connectivity index (χ1) is 9.60. The van der Waals surface area contributed by atoms with Gasteiger partial charge in [0.2, 0.25) is 0 Å². The lowest BCUT2D eigenvalue weighted by atomic mass is 9.97. The largest absolute Gasteiger partial charge is 0.310 e. The molecule has 106 valence electrons. The van der Waals surface area contributed by atoms with Gasteiger partial charge in [-0.1, -0.05) is 66.0 Å². The standard InChI is InChI=1S/C17H19Cl2N/c1-3-20-17(14-6-4-5-12(2)9-14)10-13-7-8-15(18)11-16(13)19/h4-9,11,17,20H,3,10H2,1-2H3. The molecule has 0 saturated heterocycles. The molecule has 0 saturated carbocycles. The van der Waals surface area contributed by atoms with Gasteiger partial charge in [-0.2, -0.15) is 0 Å². The van der Waals surface area contributed by atoms with Crippen LogP contribution in [0.2, 0.25) is 10.0 Å². The Morgan fingerprint density at radius 2 is 1.90 bits per heavy atom. The quantitative estimate of drug-likeness (QED) is 0.801. The van der Waals surface area contributed by atoms with E-state index < -0.39 is 0 Å². The van der Waals surface area contributed by atoms with Crippen molar-refractivity contribution in [3.8, 4) is 0 Å². The molecule has 0 heterocycles. The highest BCUT2D eigenvalue weighted by molar-refractivity contribution is 6.35. The summed E-state index contributed by atoms with van der Waals surface area (Å²) in [5, 5.41) is 4.93. The Balaban J connectivity index is 2.25. The Morgan fingerprint density at radius 3 is 2.55 bits per heavy atom. The van der Waals surface area contributed by atoms with Crippen LogP contribution in [0, 0.1) is 6.92 Å². The van der Waals surface area contributed by atoms with Crippen LogP contribution >= 0.6 is 23.2 Å². The fourth-order valence-electron chi connectivity index (χ4n) is 2.35. The molecular weight excluding hydrogens is 289 g/mol. The Morgan fingerprint density at radius 1 is 1.10 bits per heavy atom. The van der Waals surface area contributed by atoms with Gasteiger partial charge in [-0.25, -0.2) is 0 Å². The monoisotopic (exact) mass is 307 g/mol. The molecule has 0 aliphatic heterocycles. The topological polar surface area (TPSA) is 12.0 Å². The van der Waals surface area contributed by atoms with Crippen molar-refractivity contribution in [2.75, 3.05) is 6.54 Å². The van der Waals surface area contributed by atoms with Crippen LogP contribution in [0.4, 0.5) is 0 Å². The van der Waals surface area contributed by atoms with Gasteiger partial charge >= 0.3 is 0 Å². The van der Waals surface area contributed by atoms with Crippen molar-refractivity contribution >= 4 is 23.2 Å². The number of hydrogen-bond donors (Lipinski definition) is 1. The van der Waals surface area contributed by atoms with Gasteiger partial charge in [0.25, 0.3) is 0 Å². The smallest absolute Gasteiger partial charge is 0.0453 e. The average molecular weight is 308 g/mol. The second kappa shape index (κ2) is 7.12. The molecule has 2 aromatic carbocycles. The highest BCUT2D eigenvalue weighted by Gasteiger charge is 2.13. The molecule has 0 radical (unpaired) electrons. The van der Waals surface area contributed by atoms with Gasteiger partial charge in [0.15, 0.2) is 0 Å². The summed E-state index contributed by atoms with van der Waals surface area (Å²) in [6, 6.07) is 14.5.